The largest absolute Gasteiger partial charge is 0.476 e. The van der Waals surface area contributed by atoms with Gasteiger partial charge in [0.25, 0.3) is 0 Å². The summed E-state index contributed by atoms with van der Waals surface area (Å²) in [5, 5.41) is 15.4. The highest BCUT2D eigenvalue weighted by molar-refractivity contribution is 5.91. The van der Waals surface area contributed by atoms with Gasteiger partial charge in [-0.05, 0) is 22.4 Å². The Morgan fingerprint density at radius 2 is 2.38 bits per heavy atom. The first-order valence-corrected chi connectivity index (χ1v) is 3.48. The van der Waals surface area contributed by atoms with Crippen LogP contribution in [0.4, 0.5) is 0 Å². The Labute approximate surface area is 72.2 Å². The van der Waals surface area contributed by atoms with Gasteiger partial charge in [0.05, 0.1) is 5.69 Å². The van der Waals surface area contributed by atoms with Crippen LogP contribution in [-0.4, -0.2) is 26.4 Å². The van der Waals surface area contributed by atoms with Crippen LogP contribution in [0.25, 0.3) is 11.4 Å². The van der Waals surface area contributed by atoms with Crippen LogP contribution < -0.4 is 0 Å². The average Bonchev–Trinajstić information content (AvgIpc) is 2.74. The van der Waals surface area contributed by atoms with Gasteiger partial charge in [-0.25, -0.2) is 9.42 Å². The lowest BCUT2D eigenvalue weighted by Crippen LogP contribution is -1.98. The van der Waals surface area contributed by atoms with E-state index >= 15 is 0 Å². The topological polar surface area (TPSA) is 92.0 Å². The number of nitrogens with one attached hydrogen (secondary N) is 1. The number of hydrogen-bond donors (Lipinski definition) is 2. The maximum absolute atomic E-state index is 10.6. The smallest absolute Gasteiger partial charge is 0.360 e. The zero-order valence-electron chi connectivity index (χ0n) is 6.39. The minimum absolute atomic E-state index is 0.192. The van der Waals surface area contributed by atoms with Crippen molar-refractivity contribution < 1.29 is 14.5 Å². The van der Waals surface area contributed by atoms with Crippen LogP contribution in [0.2, 0.25) is 0 Å². The standard InChI is InChI=1S/C7H5N3O3/c11-7(12)6-5(9-13-10-6)4-2-1-3-8-4/h1-3,8H,(H,11,12). The summed E-state index contributed by atoms with van der Waals surface area (Å²) < 4.78 is 4.33. The number of aromatic carboxylic acids is 1. The van der Waals surface area contributed by atoms with E-state index in [0.717, 1.165) is 0 Å². The zero-order chi connectivity index (χ0) is 9.26. The summed E-state index contributed by atoms with van der Waals surface area (Å²) in [6.07, 6.45) is 1.66. The molecule has 0 radical (unpaired) electrons. The third kappa shape index (κ3) is 1.18. The highest BCUT2D eigenvalue weighted by atomic mass is 16.6. The minimum Gasteiger partial charge on any atom is -0.476 e. The predicted molar refractivity (Wildman–Crippen MR) is 41.0 cm³/mol. The fourth-order valence-electron chi connectivity index (χ4n) is 0.983. The van der Waals surface area contributed by atoms with Crippen molar-refractivity contribution in [3.05, 3.63) is 24.0 Å². The molecule has 0 aliphatic heterocycles. The van der Waals surface area contributed by atoms with Crippen molar-refractivity contribution in [3.63, 3.8) is 0 Å². The maximum atomic E-state index is 10.6. The molecular formula is C7H5N3O3. The van der Waals surface area contributed by atoms with Crippen molar-refractivity contribution in [2.75, 3.05) is 0 Å². The lowest BCUT2D eigenvalue weighted by molar-refractivity contribution is 0.0685. The van der Waals surface area contributed by atoms with Gasteiger partial charge >= 0.3 is 5.97 Å². The first-order valence-electron chi connectivity index (χ1n) is 3.48. The summed E-state index contributed by atoms with van der Waals surface area (Å²) in [4.78, 5) is 13.4. The lowest BCUT2D eigenvalue weighted by Gasteiger charge is -1.89. The second-order valence-electron chi connectivity index (χ2n) is 2.35. The maximum Gasteiger partial charge on any atom is 0.360 e. The highest BCUT2D eigenvalue weighted by Crippen LogP contribution is 2.17. The van der Waals surface area contributed by atoms with Gasteiger partial charge in [0, 0.05) is 6.20 Å². The van der Waals surface area contributed by atoms with E-state index in [1.54, 1.807) is 18.3 Å². The summed E-state index contributed by atoms with van der Waals surface area (Å²) in [6, 6.07) is 3.42. The number of carbonyl (C=O) groups is 1. The van der Waals surface area contributed by atoms with Gasteiger partial charge in [-0.2, -0.15) is 0 Å². The molecule has 6 nitrogen and oxygen atoms in total. The molecule has 6 heteroatoms. The molecule has 0 unspecified atom stereocenters. The molecule has 2 heterocycles. The molecule has 0 spiro atoms. The van der Waals surface area contributed by atoms with Crippen LogP contribution in [0.1, 0.15) is 10.5 Å². The summed E-state index contributed by atoms with van der Waals surface area (Å²) in [7, 11) is 0. The Morgan fingerprint density at radius 3 is 3.00 bits per heavy atom. The summed E-state index contributed by atoms with van der Waals surface area (Å²) in [5.74, 6) is -1.16. The average molecular weight is 179 g/mol. The van der Waals surface area contributed by atoms with Crippen molar-refractivity contribution >= 4 is 5.97 Å². The Kier molecular flexibility index (Phi) is 1.59. The van der Waals surface area contributed by atoms with Crippen molar-refractivity contribution in [2.24, 2.45) is 0 Å². The number of H-pyrrole nitrogens is 1. The lowest BCUT2D eigenvalue weighted by atomic mass is 10.2. The van der Waals surface area contributed by atoms with Gasteiger partial charge in [-0.15, -0.1) is 0 Å². The van der Waals surface area contributed by atoms with Gasteiger partial charge in [0.2, 0.25) is 5.69 Å². The van der Waals surface area contributed by atoms with Crippen LogP contribution in [0, 0.1) is 0 Å². The van der Waals surface area contributed by atoms with Gasteiger partial charge in [-0.3, -0.25) is 0 Å². The molecule has 0 atom stereocenters. The second kappa shape index (κ2) is 2.74. The van der Waals surface area contributed by atoms with E-state index in [1.807, 2.05) is 0 Å². The van der Waals surface area contributed by atoms with E-state index in [2.05, 4.69) is 19.9 Å². The van der Waals surface area contributed by atoms with Crippen molar-refractivity contribution in [1.82, 2.24) is 15.3 Å². The first kappa shape index (κ1) is 7.53. The monoisotopic (exact) mass is 179 g/mol. The summed E-state index contributed by atoms with van der Waals surface area (Å²) in [6.45, 7) is 0. The van der Waals surface area contributed by atoms with Crippen LogP contribution in [0.3, 0.4) is 0 Å². The third-order valence-electron chi connectivity index (χ3n) is 1.54. The molecule has 66 valence electrons. The Balaban J connectivity index is 2.52. The van der Waals surface area contributed by atoms with Gasteiger partial charge in [0.1, 0.15) is 0 Å². The van der Waals surface area contributed by atoms with Crippen LogP contribution in [0.15, 0.2) is 23.0 Å². The summed E-state index contributed by atoms with van der Waals surface area (Å²) in [5.41, 5.74) is 0.582. The fourth-order valence-corrected chi connectivity index (χ4v) is 0.983. The molecule has 0 saturated heterocycles. The third-order valence-corrected chi connectivity index (χ3v) is 1.54. The molecule has 0 aliphatic rings. The number of nitrogens with zero attached hydrogens (tertiary/aromatic N) is 2. The quantitative estimate of drug-likeness (QED) is 0.710. The van der Waals surface area contributed by atoms with Crippen LogP contribution in [-0.2, 0) is 0 Å². The Hall–Kier alpha value is -2.11. The molecule has 0 fully saturated rings. The molecule has 2 rings (SSSR count). The molecular weight excluding hydrogens is 174 g/mol. The highest BCUT2D eigenvalue weighted by Gasteiger charge is 2.18. The molecule has 2 aromatic rings. The number of aromatic nitrogens is 3. The van der Waals surface area contributed by atoms with Gasteiger partial charge in [0.15, 0.2) is 5.69 Å². The van der Waals surface area contributed by atoms with Crippen molar-refractivity contribution in [2.45, 2.75) is 0 Å². The zero-order valence-corrected chi connectivity index (χ0v) is 6.39. The second-order valence-corrected chi connectivity index (χ2v) is 2.35. The molecule has 2 N–H and O–H groups in total. The summed E-state index contributed by atoms with van der Waals surface area (Å²) >= 11 is 0. The number of carboxylic acids is 1. The van der Waals surface area contributed by atoms with Crippen LogP contribution >= 0.6 is 0 Å². The number of hydrogen-bond acceptors (Lipinski definition) is 4. The Bertz CT molecular complexity index is 418. The molecule has 13 heavy (non-hydrogen) atoms. The predicted octanol–water partition coefficient (Wildman–Crippen LogP) is 0.763. The van der Waals surface area contributed by atoms with E-state index in [0.29, 0.717) is 5.69 Å². The van der Waals surface area contributed by atoms with E-state index in [-0.39, 0.29) is 11.4 Å². The number of carboxylic acid groups (broad SMARTS) is 1. The minimum atomic E-state index is -1.16. The number of aromatic amines is 1. The van der Waals surface area contributed by atoms with Gasteiger partial charge < -0.3 is 10.1 Å². The number of rotatable bonds is 2. The van der Waals surface area contributed by atoms with Crippen LogP contribution in [0.5, 0.6) is 0 Å². The first-order chi connectivity index (χ1) is 6.29. The molecule has 0 aromatic carbocycles. The molecule has 0 amide bonds. The van der Waals surface area contributed by atoms with Gasteiger partial charge in [-0.1, -0.05) is 0 Å². The fraction of sp³-hybridized carbons (Fsp3) is 0. The van der Waals surface area contributed by atoms with Crippen molar-refractivity contribution in [1.29, 1.82) is 0 Å². The molecule has 0 aliphatic carbocycles. The van der Waals surface area contributed by atoms with Crippen molar-refractivity contribution in [3.8, 4) is 11.4 Å². The molecule has 2 aromatic heterocycles. The van der Waals surface area contributed by atoms with E-state index in [4.69, 9.17) is 5.11 Å². The van der Waals surface area contributed by atoms with E-state index in [1.165, 1.54) is 0 Å². The molecule has 0 saturated carbocycles. The van der Waals surface area contributed by atoms with E-state index in [9.17, 15) is 4.79 Å². The SMILES string of the molecule is O=C(O)c1nonc1-c1ccc[nH]1. The van der Waals surface area contributed by atoms with E-state index < -0.39 is 5.97 Å². The molecule has 0 bridgehead atoms. The normalized spacial score (nSPS) is 10.2. The Morgan fingerprint density at radius 1 is 1.54 bits per heavy atom.